The first kappa shape index (κ1) is 18.0. The van der Waals surface area contributed by atoms with Crippen molar-refractivity contribution in [2.75, 3.05) is 6.61 Å². The van der Waals surface area contributed by atoms with Crippen molar-refractivity contribution in [3.63, 3.8) is 0 Å². The number of carbonyl (C=O) groups is 1. The molecule has 2 rings (SSSR count). The van der Waals surface area contributed by atoms with E-state index in [1.54, 1.807) is 6.20 Å². The standard InChI is InChI=1S/C18H26N4O2/c1-3-17(7-10-23)21-18(24)20-12-15-5-4-6-16(11-15)13-22-9-8-19-14(22)2/h4-6,8-9,11,17,23H,3,7,10,12-13H2,1-2H3,(H2,20,21,24). The number of aromatic nitrogens is 2. The predicted molar refractivity (Wildman–Crippen MR) is 93.7 cm³/mol. The summed E-state index contributed by atoms with van der Waals surface area (Å²) in [4.78, 5) is 16.2. The summed E-state index contributed by atoms with van der Waals surface area (Å²) in [5.74, 6) is 0.979. The number of nitrogens with zero attached hydrogens (tertiary/aromatic N) is 2. The molecule has 2 aromatic rings. The summed E-state index contributed by atoms with van der Waals surface area (Å²) in [5.41, 5.74) is 2.22. The third-order valence-electron chi connectivity index (χ3n) is 4.03. The van der Waals surface area contributed by atoms with Gasteiger partial charge in [0.2, 0.25) is 0 Å². The van der Waals surface area contributed by atoms with E-state index >= 15 is 0 Å². The summed E-state index contributed by atoms with van der Waals surface area (Å²) in [6, 6.07) is 7.95. The number of hydrogen-bond acceptors (Lipinski definition) is 3. The number of amides is 2. The smallest absolute Gasteiger partial charge is 0.315 e. The Hall–Kier alpha value is -2.34. The number of carbonyl (C=O) groups excluding carboxylic acids is 1. The number of benzene rings is 1. The van der Waals surface area contributed by atoms with Crippen LogP contribution in [-0.2, 0) is 13.1 Å². The van der Waals surface area contributed by atoms with Crippen molar-refractivity contribution in [1.29, 1.82) is 0 Å². The Labute approximate surface area is 142 Å². The molecule has 130 valence electrons. The second-order valence-corrected chi connectivity index (χ2v) is 5.87. The van der Waals surface area contributed by atoms with Crippen LogP contribution in [0.1, 0.15) is 36.7 Å². The van der Waals surface area contributed by atoms with E-state index in [2.05, 4.69) is 32.3 Å². The third kappa shape index (κ3) is 5.38. The molecule has 0 saturated heterocycles. The number of urea groups is 1. The molecular weight excluding hydrogens is 304 g/mol. The summed E-state index contributed by atoms with van der Waals surface area (Å²) in [5, 5.41) is 14.7. The summed E-state index contributed by atoms with van der Waals surface area (Å²) < 4.78 is 2.08. The molecule has 0 fully saturated rings. The second-order valence-electron chi connectivity index (χ2n) is 5.87. The Kier molecular flexibility index (Phi) is 6.81. The van der Waals surface area contributed by atoms with Gasteiger partial charge in [-0.15, -0.1) is 0 Å². The van der Waals surface area contributed by atoms with Crippen LogP contribution in [0.25, 0.3) is 0 Å². The van der Waals surface area contributed by atoms with Gasteiger partial charge in [-0.3, -0.25) is 0 Å². The van der Waals surface area contributed by atoms with Crippen LogP contribution in [0, 0.1) is 6.92 Å². The van der Waals surface area contributed by atoms with E-state index in [9.17, 15) is 4.79 Å². The highest BCUT2D eigenvalue weighted by molar-refractivity contribution is 5.74. The van der Waals surface area contributed by atoms with Crippen LogP contribution in [0.5, 0.6) is 0 Å². The number of aliphatic hydroxyl groups is 1. The number of rotatable bonds is 8. The quantitative estimate of drug-likeness (QED) is 0.694. The highest BCUT2D eigenvalue weighted by atomic mass is 16.3. The Morgan fingerprint density at radius 3 is 2.83 bits per heavy atom. The number of aryl methyl sites for hydroxylation is 1. The Bertz CT molecular complexity index is 654. The highest BCUT2D eigenvalue weighted by Crippen LogP contribution is 2.09. The molecule has 24 heavy (non-hydrogen) atoms. The van der Waals surface area contributed by atoms with Gasteiger partial charge in [0.05, 0.1) is 0 Å². The Balaban J connectivity index is 1.88. The van der Waals surface area contributed by atoms with Crippen molar-refractivity contribution >= 4 is 6.03 Å². The summed E-state index contributed by atoms with van der Waals surface area (Å²) >= 11 is 0. The Morgan fingerprint density at radius 1 is 1.38 bits per heavy atom. The molecule has 1 aromatic carbocycles. The van der Waals surface area contributed by atoms with E-state index in [0.717, 1.165) is 24.4 Å². The summed E-state index contributed by atoms with van der Waals surface area (Å²) in [7, 11) is 0. The predicted octanol–water partition coefficient (Wildman–Crippen LogP) is 2.20. The molecule has 0 saturated carbocycles. The first-order valence-electron chi connectivity index (χ1n) is 8.33. The molecule has 1 heterocycles. The number of imidazole rings is 1. The zero-order valence-electron chi connectivity index (χ0n) is 14.3. The molecule has 1 unspecified atom stereocenters. The lowest BCUT2D eigenvalue weighted by Crippen LogP contribution is -2.41. The highest BCUT2D eigenvalue weighted by Gasteiger charge is 2.09. The number of nitrogens with one attached hydrogen (secondary N) is 2. The van der Waals surface area contributed by atoms with Crippen LogP contribution in [0.3, 0.4) is 0 Å². The lowest BCUT2D eigenvalue weighted by atomic mass is 10.1. The molecule has 1 aromatic heterocycles. The van der Waals surface area contributed by atoms with Gasteiger partial charge in [0.1, 0.15) is 5.82 Å². The molecule has 0 aliphatic rings. The largest absolute Gasteiger partial charge is 0.396 e. The van der Waals surface area contributed by atoms with Gasteiger partial charge >= 0.3 is 6.03 Å². The average molecular weight is 330 g/mol. The van der Waals surface area contributed by atoms with Crippen molar-refractivity contribution in [3.05, 3.63) is 53.6 Å². The van der Waals surface area contributed by atoms with Crippen molar-refractivity contribution in [3.8, 4) is 0 Å². The minimum Gasteiger partial charge on any atom is -0.396 e. The molecule has 0 aliphatic heterocycles. The van der Waals surface area contributed by atoms with Crippen molar-refractivity contribution in [2.45, 2.75) is 45.8 Å². The van der Waals surface area contributed by atoms with E-state index in [1.807, 2.05) is 32.2 Å². The van der Waals surface area contributed by atoms with E-state index in [-0.39, 0.29) is 18.7 Å². The first-order valence-corrected chi connectivity index (χ1v) is 8.33. The summed E-state index contributed by atoms with van der Waals surface area (Å²) in [6.07, 6.45) is 5.12. The molecular formula is C18H26N4O2. The lowest BCUT2D eigenvalue weighted by molar-refractivity contribution is 0.227. The molecule has 6 heteroatoms. The molecule has 0 radical (unpaired) electrons. The second kappa shape index (κ2) is 9.08. The van der Waals surface area contributed by atoms with Gasteiger partial charge in [0, 0.05) is 38.1 Å². The van der Waals surface area contributed by atoms with Crippen LogP contribution >= 0.6 is 0 Å². The minimum absolute atomic E-state index is 0.00514. The molecule has 1 atom stereocenters. The maximum absolute atomic E-state index is 11.9. The molecule has 3 N–H and O–H groups in total. The maximum Gasteiger partial charge on any atom is 0.315 e. The van der Waals surface area contributed by atoms with Gasteiger partial charge < -0.3 is 20.3 Å². The van der Waals surface area contributed by atoms with E-state index in [0.29, 0.717) is 13.0 Å². The van der Waals surface area contributed by atoms with E-state index in [1.165, 1.54) is 5.56 Å². The van der Waals surface area contributed by atoms with E-state index in [4.69, 9.17) is 5.11 Å². The van der Waals surface area contributed by atoms with Gasteiger partial charge in [0.25, 0.3) is 0 Å². The van der Waals surface area contributed by atoms with Crippen LogP contribution in [-0.4, -0.2) is 33.3 Å². The fourth-order valence-electron chi connectivity index (χ4n) is 2.56. The monoisotopic (exact) mass is 330 g/mol. The maximum atomic E-state index is 11.9. The fraction of sp³-hybridized carbons (Fsp3) is 0.444. The SMILES string of the molecule is CCC(CCO)NC(=O)NCc1cccc(Cn2ccnc2C)c1. The van der Waals surface area contributed by atoms with Gasteiger partial charge in [-0.1, -0.05) is 31.2 Å². The van der Waals surface area contributed by atoms with Crippen LogP contribution in [0.15, 0.2) is 36.7 Å². The first-order chi connectivity index (χ1) is 11.6. The fourth-order valence-corrected chi connectivity index (χ4v) is 2.56. The van der Waals surface area contributed by atoms with Gasteiger partial charge in [0.15, 0.2) is 0 Å². The normalized spacial score (nSPS) is 12.0. The zero-order valence-corrected chi connectivity index (χ0v) is 14.3. The molecule has 0 bridgehead atoms. The zero-order chi connectivity index (χ0) is 17.4. The number of aliphatic hydroxyl groups excluding tert-OH is 1. The van der Waals surface area contributed by atoms with Crippen LogP contribution < -0.4 is 10.6 Å². The van der Waals surface area contributed by atoms with Crippen molar-refractivity contribution in [1.82, 2.24) is 20.2 Å². The number of hydrogen-bond donors (Lipinski definition) is 3. The lowest BCUT2D eigenvalue weighted by Gasteiger charge is -2.16. The van der Waals surface area contributed by atoms with Crippen molar-refractivity contribution in [2.24, 2.45) is 0 Å². The molecule has 6 nitrogen and oxygen atoms in total. The van der Waals surface area contributed by atoms with Gasteiger partial charge in [-0.05, 0) is 30.9 Å². The topological polar surface area (TPSA) is 79.2 Å². The minimum atomic E-state index is -0.203. The van der Waals surface area contributed by atoms with E-state index < -0.39 is 0 Å². The van der Waals surface area contributed by atoms with Gasteiger partial charge in [-0.2, -0.15) is 0 Å². The Morgan fingerprint density at radius 2 is 2.17 bits per heavy atom. The summed E-state index contributed by atoms with van der Waals surface area (Å²) in [6.45, 7) is 5.28. The van der Waals surface area contributed by atoms with Crippen LogP contribution in [0.2, 0.25) is 0 Å². The third-order valence-corrected chi connectivity index (χ3v) is 4.03. The average Bonchev–Trinajstić information content (AvgIpc) is 2.98. The van der Waals surface area contributed by atoms with Crippen molar-refractivity contribution < 1.29 is 9.90 Å². The molecule has 0 spiro atoms. The van der Waals surface area contributed by atoms with Gasteiger partial charge in [-0.25, -0.2) is 9.78 Å². The van der Waals surface area contributed by atoms with Crippen LogP contribution in [0.4, 0.5) is 4.79 Å². The molecule has 2 amide bonds. The molecule has 0 aliphatic carbocycles.